The van der Waals surface area contributed by atoms with Crippen molar-refractivity contribution in [3.63, 3.8) is 0 Å². The molecule has 0 radical (unpaired) electrons. The number of fused-ring (bicyclic) bond motifs is 5. The van der Waals surface area contributed by atoms with Crippen molar-refractivity contribution in [3.05, 3.63) is 0 Å². The van der Waals surface area contributed by atoms with Crippen LogP contribution in [0.5, 0.6) is 0 Å². The smallest absolute Gasteiger partial charge is 0.266 e. The molecule has 1 amide bonds. The molecule has 0 aromatic rings. The zero-order valence-electron chi connectivity index (χ0n) is 23.5. The molecule has 0 aromatic carbocycles. The van der Waals surface area contributed by atoms with Crippen LogP contribution in [0.2, 0.25) is 0 Å². The fourth-order valence-electron chi connectivity index (χ4n) is 10.2. The van der Waals surface area contributed by atoms with Crippen LogP contribution in [-0.4, -0.2) is 53.6 Å². The Hall–Kier alpha value is -0.700. The number of amides is 1. The van der Waals surface area contributed by atoms with Crippen molar-refractivity contribution < 1.29 is 28.0 Å². The summed E-state index contributed by atoms with van der Waals surface area (Å²) in [6, 6.07) is 0. The maximum Gasteiger partial charge on any atom is 0.266 e. The molecule has 0 bridgehead atoms. The molecular formula is C29H51NO6S. The van der Waals surface area contributed by atoms with E-state index in [9.17, 15) is 23.4 Å². The highest BCUT2D eigenvalue weighted by molar-refractivity contribution is 7.85. The SMILES string of the molecule is CC[C@H]1[C@H](O)C2C3CC[C@H]([C@@H](C)C[C@H](C)C(=O)NCCS(=O)(=O)O)[C@@]3(C)CCC2[C@@]2(C)CC[C@@H](O)C[C@@H]12. The standard InChI is InChI=1S/C29H51NO6S/c1-6-20-24-16-19(31)9-11-29(24,5)23-10-12-28(4)21(7-8-22(28)25(23)26(20)32)17(2)15-18(3)27(33)30-13-14-37(34,35)36/h17-26,31-32H,6-16H2,1-5H3,(H,30,33)(H,34,35,36)/t17-,18-,19+,20+,21+,22?,23?,24-,25?,26-,28+,29+/m0/s1. The van der Waals surface area contributed by atoms with Crippen LogP contribution in [0.4, 0.5) is 0 Å². The van der Waals surface area contributed by atoms with Gasteiger partial charge in [-0.25, -0.2) is 0 Å². The van der Waals surface area contributed by atoms with E-state index in [-0.39, 0.29) is 47.3 Å². The third-order valence-corrected chi connectivity index (χ3v) is 12.7. The van der Waals surface area contributed by atoms with E-state index in [4.69, 9.17) is 4.55 Å². The van der Waals surface area contributed by atoms with Gasteiger partial charge in [0, 0.05) is 12.5 Å². The summed E-state index contributed by atoms with van der Waals surface area (Å²) in [4.78, 5) is 12.6. The van der Waals surface area contributed by atoms with Crippen LogP contribution < -0.4 is 5.32 Å². The summed E-state index contributed by atoms with van der Waals surface area (Å²) in [5.41, 5.74) is 0.349. The van der Waals surface area contributed by atoms with Gasteiger partial charge < -0.3 is 15.5 Å². The highest BCUT2D eigenvalue weighted by Gasteiger charge is 2.64. The summed E-state index contributed by atoms with van der Waals surface area (Å²) < 4.78 is 30.8. The molecule has 7 nitrogen and oxygen atoms in total. The fourth-order valence-corrected chi connectivity index (χ4v) is 10.6. The lowest BCUT2D eigenvalue weighted by molar-refractivity contribution is -0.203. The van der Waals surface area contributed by atoms with Gasteiger partial charge in [-0.2, -0.15) is 8.42 Å². The van der Waals surface area contributed by atoms with Crippen LogP contribution in [0, 0.1) is 58.2 Å². The van der Waals surface area contributed by atoms with Gasteiger partial charge in [-0.15, -0.1) is 0 Å². The first-order valence-electron chi connectivity index (χ1n) is 14.8. The van der Waals surface area contributed by atoms with Crippen molar-refractivity contribution in [1.29, 1.82) is 0 Å². The Labute approximate surface area is 224 Å². The number of rotatable bonds is 8. The highest BCUT2D eigenvalue weighted by atomic mass is 32.2. The maximum atomic E-state index is 12.6. The van der Waals surface area contributed by atoms with E-state index in [2.05, 4.69) is 33.0 Å². The minimum atomic E-state index is -4.09. The van der Waals surface area contributed by atoms with E-state index >= 15 is 0 Å². The number of carbonyl (C=O) groups is 1. The van der Waals surface area contributed by atoms with E-state index in [0.29, 0.717) is 35.5 Å². The van der Waals surface area contributed by atoms with Crippen molar-refractivity contribution >= 4 is 16.0 Å². The van der Waals surface area contributed by atoms with E-state index < -0.39 is 15.9 Å². The normalized spacial score (nSPS) is 45.3. The van der Waals surface area contributed by atoms with Gasteiger partial charge in [-0.1, -0.05) is 41.0 Å². The second-order valence-corrected chi connectivity index (χ2v) is 15.4. The molecule has 0 saturated heterocycles. The molecule has 214 valence electrons. The van der Waals surface area contributed by atoms with Crippen LogP contribution in [0.15, 0.2) is 0 Å². The average Bonchev–Trinajstić information content (AvgIpc) is 3.16. The molecular weight excluding hydrogens is 490 g/mol. The van der Waals surface area contributed by atoms with Crippen LogP contribution in [0.25, 0.3) is 0 Å². The minimum absolute atomic E-state index is 0.0735. The lowest BCUT2D eigenvalue weighted by atomic mass is 9.41. The van der Waals surface area contributed by atoms with Crippen LogP contribution >= 0.6 is 0 Å². The summed E-state index contributed by atoms with van der Waals surface area (Å²) in [6.45, 7) is 11.2. The maximum absolute atomic E-state index is 12.6. The molecule has 12 atom stereocenters. The van der Waals surface area contributed by atoms with E-state index in [1.54, 1.807) is 0 Å². The zero-order chi connectivity index (χ0) is 27.3. The molecule has 8 heteroatoms. The summed E-state index contributed by atoms with van der Waals surface area (Å²) in [5.74, 6) is 1.98. The summed E-state index contributed by atoms with van der Waals surface area (Å²) in [7, 11) is -4.09. The molecule has 0 aliphatic heterocycles. The molecule has 4 fully saturated rings. The number of nitrogens with one attached hydrogen (secondary N) is 1. The Morgan fingerprint density at radius 2 is 1.65 bits per heavy atom. The highest BCUT2D eigenvalue weighted by Crippen LogP contribution is 2.69. The molecule has 4 aliphatic carbocycles. The van der Waals surface area contributed by atoms with Gasteiger partial charge in [-0.05, 0) is 104 Å². The van der Waals surface area contributed by atoms with Gasteiger partial charge in [-0.3, -0.25) is 9.35 Å². The second-order valence-electron chi connectivity index (χ2n) is 13.8. The molecule has 0 aromatic heterocycles. The fraction of sp³-hybridized carbons (Fsp3) is 0.966. The Bertz CT molecular complexity index is 941. The van der Waals surface area contributed by atoms with Crippen molar-refractivity contribution in [2.75, 3.05) is 12.3 Å². The van der Waals surface area contributed by atoms with Crippen LogP contribution in [0.3, 0.4) is 0 Å². The molecule has 37 heavy (non-hydrogen) atoms. The molecule has 0 heterocycles. The lowest BCUT2D eigenvalue weighted by Crippen LogP contribution is -2.62. The first-order chi connectivity index (χ1) is 17.2. The van der Waals surface area contributed by atoms with Crippen LogP contribution in [0.1, 0.15) is 92.4 Å². The third-order valence-electron chi connectivity index (χ3n) is 12.0. The topological polar surface area (TPSA) is 124 Å². The van der Waals surface area contributed by atoms with Crippen molar-refractivity contribution in [1.82, 2.24) is 5.32 Å². The average molecular weight is 542 g/mol. The molecule has 0 spiro atoms. The predicted octanol–water partition coefficient (Wildman–Crippen LogP) is 4.28. The van der Waals surface area contributed by atoms with Gasteiger partial charge >= 0.3 is 0 Å². The first-order valence-corrected chi connectivity index (χ1v) is 16.4. The number of aliphatic hydroxyl groups is 2. The van der Waals surface area contributed by atoms with Gasteiger partial charge in [0.1, 0.15) is 0 Å². The van der Waals surface area contributed by atoms with Crippen molar-refractivity contribution in [2.24, 2.45) is 58.2 Å². The van der Waals surface area contributed by atoms with Gasteiger partial charge in [0.05, 0.1) is 18.0 Å². The van der Waals surface area contributed by atoms with E-state index in [1.165, 1.54) is 0 Å². The number of hydrogen-bond donors (Lipinski definition) is 4. The summed E-state index contributed by atoms with van der Waals surface area (Å²) in [6.07, 6.45) is 8.54. The monoisotopic (exact) mass is 541 g/mol. The second kappa shape index (κ2) is 10.7. The Morgan fingerprint density at radius 3 is 2.30 bits per heavy atom. The predicted molar refractivity (Wildman–Crippen MR) is 144 cm³/mol. The Morgan fingerprint density at radius 1 is 1.00 bits per heavy atom. The molecule has 4 aliphatic rings. The molecule has 3 unspecified atom stereocenters. The van der Waals surface area contributed by atoms with Gasteiger partial charge in [0.25, 0.3) is 10.1 Å². The van der Waals surface area contributed by atoms with Crippen molar-refractivity contribution in [2.45, 2.75) is 105 Å². The Balaban J connectivity index is 1.47. The van der Waals surface area contributed by atoms with Crippen molar-refractivity contribution in [3.8, 4) is 0 Å². The van der Waals surface area contributed by atoms with E-state index in [1.807, 2.05) is 6.92 Å². The molecule has 4 saturated carbocycles. The largest absolute Gasteiger partial charge is 0.393 e. The van der Waals surface area contributed by atoms with E-state index in [0.717, 1.165) is 57.8 Å². The number of hydrogen-bond acceptors (Lipinski definition) is 5. The molecule has 4 rings (SSSR count). The minimum Gasteiger partial charge on any atom is -0.393 e. The summed E-state index contributed by atoms with van der Waals surface area (Å²) in [5, 5.41) is 25.0. The first kappa shape index (κ1) is 29.3. The quantitative estimate of drug-likeness (QED) is 0.340. The lowest BCUT2D eigenvalue weighted by Gasteiger charge is -2.64. The number of aliphatic hydroxyl groups excluding tert-OH is 2. The molecule has 4 N–H and O–H groups in total. The zero-order valence-corrected chi connectivity index (χ0v) is 24.3. The summed E-state index contributed by atoms with van der Waals surface area (Å²) >= 11 is 0. The van der Waals surface area contributed by atoms with Gasteiger partial charge in [0.15, 0.2) is 0 Å². The van der Waals surface area contributed by atoms with Crippen LogP contribution in [-0.2, 0) is 14.9 Å². The number of carbonyl (C=O) groups excluding carboxylic acids is 1. The van der Waals surface area contributed by atoms with Gasteiger partial charge in [0.2, 0.25) is 5.91 Å². The third kappa shape index (κ3) is 5.38. The Kier molecular flexibility index (Phi) is 8.47.